The lowest BCUT2D eigenvalue weighted by molar-refractivity contribution is 0.212. The maximum atomic E-state index is 12.4. The molecule has 9 heteroatoms. The molecule has 2 aliphatic heterocycles. The Balaban J connectivity index is 0.00000289. The van der Waals surface area contributed by atoms with E-state index in [1.54, 1.807) is 37.4 Å². The summed E-state index contributed by atoms with van der Waals surface area (Å²) in [6, 6.07) is 14.3. The first kappa shape index (κ1) is 24.3. The molecule has 0 spiro atoms. The van der Waals surface area contributed by atoms with E-state index in [2.05, 4.69) is 15.7 Å². The second-order valence-electron chi connectivity index (χ2n) is 8.08. The van der Waals surface area contributed by atoms with Crippen LogP contribution in [0.1, 0.15) is 29.9 Å². The fourth-order valence-corrected chi connectivity index (χ4v) is 5.48. The highest BCUT2D eigenvalue weighted by Gasteiger charge is 2.38. The number of hydrogen-bond donors (Lipinski definition) is 1. The molecule has 1 fully saturated rings. The Hall–Kier alpha value is -2.31. The lowest BCUT2D eigenvalue weighted by atomic mass is 9.86. The van der Waals surface area contributed by atoms with E-state index in [4.69, 9.17) is 9.47 Å². The van der Waals surface area contributed by atoms with Crippen LogP contribution in [0.4, 0.5) is 0 Å². The molecule has 0 aromatic heterocycles. The molecule has 2 aromatic carbocycles. The van der Waals surface area contributed by atoms with Crippen molar-refractivity contribution in [3.63, 3.8) is 0 Å². The molecule has 0 bridgehead atoms. The number of nitrogens with one attached hydrogen (secondary N) is 1. The van der Waals surface area contributed by atoms with Crippen molar-refractivity contribution in [1.82, 2.24) is 9.62 Å². The molecule has 0 amide bonds. The lowest BCUT2D eigenvalue weighted by Crippen LogP contribution is -2.27. The van der Waals surface area contributed by atoms with Gasteiger partial charge in [0, 0.05) is 37.0 Å². The van der Waals surface area contributed by atoms with Gasteiger partial charge in [0.05, 0.1) is 30.2 Å². The molecule has 2 aliphatic rings. The second kappa shape index (κ2) is 10.5. The van der Waals surface area contributed by atoms with Gasteiger partial charge in [-0.2, -0.15) is 5.26 Å². The van der Waals surface area contributed by atoms with E-state index < -0.39 is 10.0 Å². The van der Waals surface area contributed by atoms with Crippen LogP contribution in [0.15, 0.2) is 47.4 Å². The van der Waals surface area contributed by atoms with Crippen LogP contribution in [0.25, 0.3) is 0 Å². The summed E-state index contributed by atoms with van der Waals surface area (Å²) < 4.78 is 38.4. The van der Waals surface area contributed by atoms with Gasteiger partial charge >= 0.3 is 0 Å². The zero-order chi connectivity index (χ0) is 21.8. The number of sulfonamides is 1. The Kier molecular flexibility index (Phi) is 8.01. The molecule has 7 nitrogen and oxygen atoms in total. The number of likely N-dealkylation sites (tertiary alicyclic amines) is 1. The molecule has 0 aliphatic carbocycles. The lowest BCUT2D eigenvalue weighted by Gasteiger charge is -2.27. The maximum Gasteiger partial charge on any atom is 0.240 e. The summed E-state index contributed by atoms with van der Waals surface area (Å²) >= 11 is 0. The predicted molar refractivity (Wildman–Crippen MR) is 124 cm³/mol. The van der Waals surface area contributed by atoms with E-state index in [9.17, 15) is 13.7 Å². The molecule has 2 unspecified atom stereocenters. The summed E-state index contributed by atoms with van der Waals surface area (Å²) in [6.07, 6.45) is 1.68. The number of benzene rings is 2. The normalized spacial score (nSPS) is 19.8. The first-order valence-corrected chi connectivity index (χ1v) is 12.0. The molecule has 1 saturated heterocycles. The second-order valence-corrected chi connectivity index (χ2v) is 9.85. The standard InChI is InChI=1S/C23H27N3O4S.ClH/c1-29-19-5-7-20(8-6-19)31(27,28)25-10-2-3-11-26-14-18-16-30-23-9-4-17(13-24)12-21(23)22(18)15-26;/h4-9,12,18,22,25H,2-3,10-11,14-16H2,1H3;1H. The summed E-state index contributed by atoms with van der Waals surface area (Å²) in [7, 11) is -1.96. The highest BCUT2D eigenvalue weighted by Crippen LogP contribution is 2.41. The van der Waals surface area contributed by atoms with Gasteiger partial charge in [-0.1, -0.05) is 0 Å². The number of nitrogens with zero attached hydrogens (tertiary/aromatic N) is 2. The smallest absolute Gasteiger partial charge is 0.240 e. The third-order valence-electron chi connectivity index (χ3n) is 6.07. The van der Waals surface area contributed by atoms with Gasteiger partial charge in [0.15, 0.2) is 0 Å². The molecular weight excluding hydrogens is 450 g/mol. The average Bonchev–Trinajstić information content (AvgIpc) is 3.22. The van der Waals surface area contributed by atoms with E-state index in [0.29, 0.717) is 36.3 Å². The highest BCUT2D eigenvalue weighted by atomic mass is 35.5. The van der Waals surface area contributed by atoms with Crippen molar-refractivity contribution in [3.05, 3.63) is 53.6 Å². The number of hydrogen-bond acceptors (Lipinski definition) is 6. The third-order valence-corrected chi connectivity index (χ3v) is 7.55. The van der Waals surface area contributed by atoms with Gasteiger partial charge in [-0.15, -0.1) is 12.4 Å². The first-order chi connectivity index (χ1) is 15.0. The van der Waals surface area contributed by atoms with Crippen LogP contribution in [0.5, 0.6) is 11.5 Å². The van der Waals surface area contributed by atoms with Crippen molar-refractivity contribution in [2.24, 2.45) is 5.92 Å². The predicted octanol–water partition coefficient (Wildman–Crippen LogP) is 3.16. The minimum atomic E-state index is -3.50. The zero-order valence-electron chi connectivity index (χ0n) is 18.0. The molecule has 1 N–H and O–H groups in total. The maximum absolute atomic E-state index is 12.4. The van der Waals surface area contributed by atoms with Gasteiger partial charge in [-0.3, -0.25) is 0 Å². The molecule has 4 rings (SSSR count). The monoisotopic (exact) mass is 477 g/mol. The molecule has 0 radical (unpaired) electrons. The van der Waals surface area contributed by atoms with Crippen molar-refractivity contribution < 1.29 is 17.9 Å². The minimum Gasteiger partial charge on any atom is -0.497 e. The largest absolute Gasteiger partial charge is 0.497 e. The number of halogens is 1. The number of unbranched alkanes of at least 4 members (excludes halogenated alkanes) is 1. The van der Waals surface area contributed by atoms with Crippen molar-refractivity contribution >= 4 is 22.4 Å². The summed E-state index contributed by atoms with van der Waals surface area (Å²) in [5.74, 6) is 2.36. The van der Waals surface area contributed by atoms with Crippen LogP contribution in [0.2, 0.25) is 0 Å². The van der Waals surface area contributed by atoms with Gasteiger partial charge in [0.1, 0.15) is 11.5 Å². The van der Waals surface area contributed by atoms with Crippen molar-refractivity contribution in [3.8, 4) is 17.6 Å². The van der Waals surface area contributed by atoms with E-state index in [1.807, 2.05) is 12.1 Å². The van der Waals surface area contributed by atoms with Crippen molar-refractivity contribution in [2.75, 3.05) is 39.9 Å². The van der Waals surface area contributed by atoms with Gasteiger partial charge in [-0.05, 0) is 61.9 Å². The van der Waals surface area contributed by atoms with Gasteiger partial charge in [-0.25, -0.2) is 13.1 Å². The summed E-state index contributed by atoms with van der Waals surface area (Å²) in [5, 5.41) is 9.20. The quantitative estimate of drug-likeness (QED) is 0.587. The minimum absolute atomic E-state index is 0. The Labute approximate surface area is 195 Å². The van der Waals surface area contributed by atoms with Crippen LogP contribution in [-0.2, 0) is 10.0 Å². The Morgan fingerprint density at radius 2 is 1.97 bits per heavy atom. The van der Waals surface area contributed by atoms with E-state index in [1.165, 1.54) is 0 Å². The van der Waals surface area contributed by atoms with Crippen LogP contribution in [0, 0.1) is 17.2 Å². The SMILES string of the molecule is COc1ccc(S(=O)(=O)NCCCCN2CC3COc4ccc(C#N)cc4C3C2)cc1.Cl. The molecule has 172 valence electrons. The fourth-order valence-electron chi connectivity index (χ4n) is 4.41. The average molecular weight is 478 g/mol. The van der Waals surface area contributed by atoms with Crippen LogP contribution < -0.4 is 14.2 Å². The van der Waals surface area contributed by atoms with E-state index in [0.717, 1.165) is 43.8 Å². The Bertz CT molecular complexity index is 1070. The molecular formula is C23H28ClN3O4S. The number of ether oxygens (including phenoxy) is 2. The number of methoxy groups -OCH3 is 1. The zero-order valence-corrected chi connectivity index (χ0v) is 19.6. The van der Waals surface area contributed by atoms with Crippen molar-refractivity contribution in [1.29, 1.82) is 5.26 Å². The van der Waals surface area contributed by atoms with Crippen LogP contribution in [0.3, 0.4) is 0 Å². The number of nitriles is 1. The topological polar surface area (TPSA) is 91.7 Å². The van der Waals surface area contributed by atoms with E-state index >= 15 is 0 Å². The Morgan fingerprint density at radius 1 is 1.19 bits per heavy atom. The van der Waals surface area contributed by atoms with Gasteiger partial charge in [0.25, 0.3) is 0 Å². The summed E-state index contributed by atoms with van der Waals surface area (Å²) in [4.78, 5) is 2.66. The molecule has 2 atom stereocenters. The van der Waals surface area contributed by atoms with Crippen LogP contribution in [-0.4, -0.2) is 53.2 Å². The van der Waals surface area contributed by atoms with Crippen molar-refractivity contribution in [2.45, 2.75) is 23.7 Å². The molecule has 0 saturated carbocycles. The Morgan fingerprint density at radius 3 is 2.69 bits per heavy atom. The highest BCUT2D eigenvalue weighted by molar-refractivity contribution is 7.89. The first-order valence-electron chi connectivity index (χ1n) is 10.5. The molecule has 2 aromatic rings. The number of fused-ring (bicyclic) bond motifs is 3. The third kappa shape index (κ3) is 5.36. The number of rotatable bonds is 8. The summed E-state index contributed by atoms with van der Waals surface area (Å²) in [6.45, 7) is 3.96. The summed E-state index contributed by atoms with van der Waals surface area (Å²) in [5.41, 5.74) is 1.82. The van der Waals surface area contributed by atoms with E-state index in [-0.39, 0.29) is 17.3 Å². The fraction of sp³-hybridized carbons (Fsp3) is 0.435. The molecule has 32 heavy (non-hydrogen) atoms. The molecule has 2 heterocycles. The van der Waals surface area contributed by atoms with Gasteiger partial charge in [0.2, 0.25) is 10.0 Å². The van der Waals surface area contributed by atoms with Gasteiger partial charge < -0.3 is 14.4 Å². The van der Waals surface area contributed by atoms with Crippen LogP contribution >= 0.6 is 12.4 Å².